The number of carbonyl (C=O) groups is 1. The Bertz CT molecular complexity index is 1340. The summed E-state index contributed by atoms with van der Waals surface area (Å²) < 4.78 is 5.76. The molecule has 4 heteroatoms. The van der Waals surface area contributed by atoms with Gasteiger partial charge in [0, 0.05) is 24.1 Å². The third kappa shape index (κ3) is 7.11. The van der Waals surface area contributed by atoms with Crippen molar-refractivity contribution in [3.63, 3.8) is 0 Å². The Morgan fingerprint density at radius 3 is 1.95 bits per heavy atom. The first-order valence-corrected chi connectivity index (χ1v) is 13.7. The molecular weight excluding hydrogens is 480 g/mol. The van der Waals surface area contributed by atoms with Crippen molar-refractivity contribution in [2.45, 2.75) is 38.0 Å². The second-order valence-corrected chi connectivity index (χ2v) is 9.77. The number of aryl methyl sites for hydroxylation is 2. The number of aromatic amines is 1. The maximum atomic E-state index is 11.7. The Hall–Kier alpha value is -4.44. The molecule has 1 heterocycles. The van der Waals surface area contributed by atoms with Crippen LogP contribution in [-0.4, -0.2) is 22.4 Å². The van der Waals surface area contributed by atoms with Crippen LogP contribution in [0.1, 0.15) is 63.5 Å². The monoisotopic (exact) mass is 514 g/mol. The van der Waals surface area contributed by atoms with Gasteiger partial charge in [0.25, 0.3) is 0 Å². The lowest BCUT2D eigenvalue weighted by atomic mass is 9.85. The van der Waals surface area contributed by atoms with Crippen molar-refractivity contribution < 1.29 is 9.53 Å². The summed E-state index contributed by atoms with van der Waals surface area (Å²) in [5, 5.41) is 0. The van der Waals surface area contributed by atoms with Gasteiger partial charge in [-0.2, -0.15) is 0 Å². The maximum Gasteiger partial charge on any atom is 0.163 e. The number of rotatable bonds is 8. The van der Waals surface area contributed by atoms with E-state index in [0.29, 0.717) is 18.9 Å². The van der Waals surface area contributed by atoms with E-state index in [1.54, 1.807) is 6.33 Å². The first-order chi connectivity index (χ1) is 19.3. The molecule has 0 unspecified atom stereocenters. The number of nitrogens with one attached hydrogen (secondary N) is 1. The number of carbonyl (C=O) groups excluding carboxylic acids is 1. The highest BCUT2D eigenvalue weighted by atomic mass is 16.5. The van der Waals surface area contributed by atoms with Gasteiger partial charge in [0.15, 0.2) is 5.78 Å². The number of fused-ring (bicyclic) bond motifs is 1. The van der Waals surface area contributed by atoms with Crippen LogP contribution in [0.25, 0.3) is 0 Å². The van der Waals surface area contributed by atoms with E-state index in [2.05, 4.69) is 101 Å². The maximum absolute atomic E-state index is 11.7. The van der Waals surface area contributed by atoms with Gasteiger partial charge in [0.1, 0.15) is 5.75 Å². The van der Waals surface area contributed by atoms with Crippen molar-refractivity contribution >= 4 is 5.78 Å². The van der Waals surface area contributed by atoms with Crippen LogP contribution >= 0.6 is 0 Å². The molecule has 0 saturated heterocycles. The Balaban J connectivity index is 0.000000158. The number of aromatic nitrogens is 2. The predicted octanol–water partition coefficient (Wildman–Crippen LogP) is 7.81. The van der Waals surface area contributed by atoms with Crippen LogP contribution in [0.5, 0.6) is 5.75 Å². The molecule has 39 heavy (non-hydrogen) atoms. The second-order valence-electron chi connectivity index (χ2n) is 9.77. The molecule has 0 amide bonds. The Morgan fingerprint density at radius 1 is 0.769 bits per heavy atom. The molecule has 0 fully saturated rings. The third-order valence-electron chi connectivity index (χ3n) is 7.03. The van der Waals surface area contributed by atoms with Crippen molar-refractivity contribution in [3.05, 3.63) is 155 Å². The molecule has 0 atom stereocenters. The molecule has 1 aliphatic carbocycles. The fraction of sp³-hybridized carbons (Fsp3) is 0.200. The topological polar surface area (TPSA) is 55.0 Å². The highest BCUT2D eigenvalue weighted by Gasteiger charge is 2.17. The van der Waals surface area contributed by atoms with E-state index in [4.69, 9.17) is 4.74 Å². The fourth-order valence-corrected chi connectivity index (χ4v) is 5.10. The molecule has 0 spiro atoms. The minimum absolute atomic E-state index is 0.260. The van der Waals surface area contributed by atoms with Crippen LogP contribution in [0.15, 0.2) is 122 Å². The first kappa shape index (κ1) is 26.2. The molecular formula is C35H34N2O2. The zero-order valence-corrected chi connectivity index (χ0v) is 22.1. The minimum Gasteiger partial charge on any atom is -0.494 e. The molecule has 1 N–H and O–H groups in total. The standard InChI is InChI=1S/C19H16.C16H18N2O2/c1-4-10-16(11-5-1)19(17-12-6-2-7-13-17)18-14-8-3-9-15-18;19-16-5-1-3-12-9-14(6-7-15(12)16)20-8-2-4-13-10-17-11-18-13/h1-15,19H;6-7,9-11H,1-5,8H2,(H,17,18). The van der Waals surface area contributed by atoms with Gasteiger partial charge in [0.05, 0.1) is 18.6 Å². The third-order valence-corrected chi connectivity index (χ3v) is 7.03. The van der Waals surface area contributed by atoms with E-state index in [1.165, 1.54) is 16.7 Å². The highest BCUT2D eigenvalue weighted by molar-refractivity contribution is 5.98. The van der Waals surface area contributed by atoms with Crippen molar-refractivity contribution in [1.82, 2.24) is 9.97 Å². The molecule has 4 aromatic carbocycles. The van der Waals surface area contributed by atoms with E-state index in [1.807, 2.05) is 24.4 Å². The van der Waals surface area contributed by atoms with E-state index in [-0.39, 0.29) is 5.78 Å². The second kappa shape index (κ2) is 13.4. The lowest BCUT2D eigenvalue weighted by Crippen LogP contribution is -2.11. The predicted molar refractivity (Wildman–Crippen MR) is 156 cm³/mol. The molecule has 196 valence electrons. The molecule has 0 aliphatic heterocycles. The average molecular weight is 515 g/mol. The van der Waals surface area contributed by atoms with E-state index < -0.39 is 0 Å². The van der Waals surface area contributed by atoms with Crippen LogP contribution in [-0.2, 0) is 12.8 Å². The van der Waals surface area contributed by atoms with Crippen LogP contribution in [0, 0.1) is 0 Å². The van der Waals surface area contributed by atoms with Gasteiger partial charge >= 0.3 is 0 Å². The Morgan fingerprint density at radius 2 is 1.38 bits per heavy atom. The summed E-state index contributed by atoms with van der Waals surface area (Å²) in [6, 6.07) is 37.8. The van der Waals surface area contributed by atoms with E-state index in [0.717, 1.165) is 48.3 Å². The van der Waals surface area contributed by atoms with E-state index >= 15 is 0 Å². The zero-order chi connectivity index (χ0) is 26.7. The van der Waals surface area contributed by atoms with Crippen LogP contribution in [0.2, 0.25) is 0 Å². The summed E-state index contributed by atoms with van der Waals surface area (Å²) in [6.45, 7) is 0.666. The molecule has 6 rings (SSSR count). The number of Topliss-reactive ketones (excluding diaryl/α,β-unsaturated/α-hetero) is 1. The lowest BCUT2D eigenvalue weighted by Gasteiger charge is -2.18. The summed E-state index contributed by atoms with van der Waals surface area (Å²) in [5.41, 5.74) is 7.07. The Kier molecular flexibility index (Phi) is 8.98. The van der Waals surface area contributed by atoms with Crippen LogP contribution in [0.4, 0.5) is 0 Å². The molecule has 4 nitrogen and oxygen atoms in total. The number of benzene rings is 4. The normalized spacial score (nSPS) is 12.4. The van der Waals surface area contributed by atoms with Gasteiger partial charge in [-0.3, -0.25) is 4.79 Å². The van der Waals surface area contributed by atoms with Crippen molar-refractivity contribution in [1.29, 1.82) is 0 Å². The minimum atomic E-state index is 0.260. The molecule has 1 aromatic heterocycles. The van der Waals surface area contributed by atoms with Gasteiger partial charge in [-0.25, -0.2) is 4.98 Å². The molecule has 5 aromatic rings. The molecule has 1 aliphatic rings. The molecule has 0 bridgehead atoms. The van der Waals surface area contributed by atoms with Gasteiger partial charge in [0.2, 0.25) is 0 Å². The lowest BCUT2D eigenvalue weighted by molar-refractivity contribution is 0.0972. The Labute approximate surface area is 230 Å². The van der Waals surface area contributed by atoms with Gasteiger partial charge in [-0.1, -0.05) is 91.0 Å². The number of hydrogen-bond donors (Lipinski definition) is 1. The number of ether oxygens (including phenoxy) is 1. The van der Waals surface area contributed by atoms with Gasteiger partial charge in [-0.15, -0.1) is 0 Å². The van der Waals surface area contributed by atoms with Gasteiger partial charge < -0.3 is 9.72 Å². The summed E-state index contributed by atoms with van der Waals surface area (Å²) in [7, 11) is 0. The summed E-state index contributed by atoms with van der Waals surface area (Å²) >= 11 is 0. The number of hydrogen-bond acceptors (Lipinski definition) is 3. The average Bonchev–Trinajstić information content (AvgIpc) is 3.52. The largest absolute Gasteiger partial charge is 0.494 e. The van der Waals surface area contributed by atoms with Crippen LogP contribution < -0.4 is 4.74 Å². The SMILES string of the molecule is O=C1CCCc2cc(OCCCc3c[nH]cn3)ccc21.c1ccc(C(c2ccccc2)c2ccccc2)cc1. The van der Waals surface area contributed by atoms with Gasteiger partial charge in [-0.05, 0) is 66.1 Å². The number of H-pyrrole nitrogens is 1. The highest BCUT2D eigenvalue weighted by Crippen LogP contribution is 2.31. The number of imidazole rings is 1. The smallest absolute Gasteiger partial charge is 0.163 e. The first-order valence-electron chi connectivity index (χ1n) is 13.7. The quantitative estimate of drug-likeness (QED) is 0.170. The fourth-order valence-electron chi connectivity index (χ4n) is 5.10. The van der Waals surface area contributed by atoms with Crippen molar-refractivity contribution in [2.75, 3.05) is 6.61 Å². The van der Waals surface area contributed by atoms with Crippen molar-refractivity contribution in [2.24, 2.45) is 0 Å². The molecule has 0 saturated carbocycles. The van der Waals surface area contributed by atoms with Crippen LogP contribution in [0.3, 0.4) is 0 Å². The number of ketones is 1. The summed E-state index contributed by atoms with van der Waals surface area (Å²) in [6.07, 6.45) is 8.05. The van der Waals surface area contributed by atoms with Crippen molar-refractivity contribution in [3.8, 4) is 5.75 Å². The summed E-state index contributed by atoms with van der Waals surface area (Å²) in [4.78, 5) is 18.9. The number of nitrogens with zero attached hydrogens (tertiary/aromatic N) is 1. The molecule has 0 radical (unpaired) electrons. The zero-order valence-electron chi connectivity index (χ0n) is 22.1. The summed E-state index contributed by atoms with van der Waals surface area (Å²) in [5.74, 6) is 1.43. The van der Waals surface area contributed by atoms with E-state index in [9.17, 15) is 4.79 Å².